The van der Waals surface area contributed by atoms with Crippen LogP contribution in [0.3, 0.4) is 0 Å². The van der Waals surface area contributed by atoms with Gasteiger partial charge in [-0.25, -0.2) is 4.39 Å². The Hall–Kier alpha value is -2.84. The summed E-state index contributed by atoms with van der Waals surface area (Å²) in [4.78, 5) is 0. The zero-order valence-corrected chi connectivity index (χ0v) is 17.2. The Labute approximate surface area is 175 Å². The summed E-state index contributed by atoms with van der Waals surface area (Å²) in [5.74, 6) is 0.714. The van der Waals surface area contributed by atoms with Gasteiger partial charge in [0.2, 0.25) is 0 Å². The molecule has 1 nitrogen and oxygen atoms in total. The maximum atomic E-state index is 14.8. The van der Waals surface area contributed by atoms with E-state index in [0.29, 0.717) is 22.3 Å². The van der Waals surface area contributed by atoms with Gasteiger partial charge in [-0.15, -0.1) is 0 Å². The van der Waals surface area contributed by atoms with Gasteiger partial charge in [-0.1, -0.05) is 67.9 Å². The Kier molecular flexibility index (Phi) is 5.55. The van der Waals surface area contributed by atoms with Crippen LogP contribution in [0.1, 0.15) is 42.9 Å². The van der Waals surface area contributed by atoms with Crippen LogP contribution in [0.25, 0.3) is 34.4 Å². The third-order valence-electron chi connectivity index (χ3n) is 5.34. The molecule has 4 rings (SSSR count). The summed E-state index contributed by atoms with van der Waals surface area (Å²) in [5, 5.41) is 1.67. The van der Waals surface area contributed by atoms with Crippen molar-refractivity contribution < 1.29 is 8.81 Å². The molecule has 0 aliphatic heterocycles. The highest BCUT2D eigenvalue weighted by Crippen LogP contribution is 2.32. The first-order valence-electron chi connectivity index (χ1n) is 9.81. The summed E-state index contributed by atoms with van der Waals surface area (Å²) in [6, 6.07) is 20.8. The molecule has 1 aromatic heterocycles. The third kappa shape index (κ3) is 4.13. The molecule has 4 aromatic rings. The molecular weight excluding hydrogens is 383 g/mol. The van der Waals surface area contributed by atoms with Crippen molar-refractivity contribution in [3.05, 3.63) is 94.3 Å². The van der Waals surface area contributed by atoms with Crippen molar-refractivity contribution in [2.75, 3.05) is 0 Å². The van der Waals surface area contributed by atoms with E-state index in [0.717, 1.165) is 28.5 Å². The lowest BCUT2D eigenvalue weighted by Gasteiger charge is -2.07. The Morgan fingerprint density at radius 2 is 1.83 bits per heavy atom. The summed E-state index contributed by atoms with van der Waals surface area (Å²) in [6.45, 7) is 4.38. The number of furan rings is 1. The Morgan fingerprint density at radius 3 is 2.59 bits per heavy atom. The van der Waals surface area contributed by atoms with Gasteiger partial charge in [0.15, 0.2) is 0 Å². The molecule has 0 N–H and O–H groups in total. The molecule has 0 aliphatic carbocycles. The zero-order valence-electron chi connectivity index (χ0n) is 16.5. The van der Waals surface area contributed by atoms with Crippen LogP contribution in [0.4, 0.5) is 4.39 Å². The van der Waals surface area contributed by atoms with E-state index in [9.17, 15) is 4.39 Å². The normalized spacial score (nSPS) is 12.7. The van der Waals surface area contributed by atoms with E-state index in [4.69, 9.17) is 16.0 Å². The molecule has 0 bridgehead atoms. The second kappa shape index (κ2) is 8.26. The van der Waals surface area contributed by atoms with Gasteiger partial charge in [0, 0.05) is 10.4 Å². The maximum absolute atomic E-state index is 14.8. The zero-order chi connectivity index (χ0) is 20.4. The van der Waals surface area contributed by atoms with Gasteiger partial charge >= 0.3 is 0 Å². The molecule has 1 heterocycles. The number of hydrogen-bond donors (Lipinski definition) is 0. The molecule has 1 atom stereocenters. The molecule has 3 aromatic carbocycles. The van der Waals surface area contributed by atoms with Crippen molar-refractivity contribution in [2.24, 2.45) is 0 Å². The first-order chi connectivity index (χ1) is 14.0. The van der Waals surface area contributed by atoms with Crippen LogP contribution >= 0.6 is 11.6 Å². The number of fused-ring (bicyclic) bond motifs is 1. The van der Waals surface area contributed by atoms with E-state index < -0.39 is 0 Å². The summed E-state index contributed by atoms with van der Waals surface area (Å²) < 4.78 is 20.7. The largest absolute Gasteiger partial charge is 0.456 e. The fourth-order valence-electron chi connectivity index (χ4n) is 3.37. The minimum absolute atomic E-state index is 0.312. The lowest BCUT2D eigenvalue weighted by atomic mass is 9.97. The summed E-state index contributed by atoms with van der Waals surface area (Å²) in [6.07, 6.45) is 4.81. The van der Waals surface area contributed by atoms with Gasteiger partial charge in [-0.3, -0.25) is 0 Å². The number of halogens is 2. The van der Waals surface area contributed by atoms with Gasteiger partial charge in [-0.2, -0.15) is 0 Å². The van der Waals surface area contributed by atoms with E-state index in [1.54, 1.807) is 6.07 Å². The minimum atomic E-state index is -0.312. The van der Waals surface area contributed by atoms with Crippen LogP contribution < -0.4 is 0 Å². The van der Waals surface area contributed by atoms with Crippen molar-refractivity contribution in [1.82, 2.24) is 0 Å². The second-order valence-corrected chi connectivity index (χ2v) is 7.72. The average molecular weight is 405 g/mol. The van der Waals surface area contributed by atoms with Crippen molar-refractivity contribution >= 4 is 34.7 Å². The highest BCUT2D eigenvalue weighted by Gasteiger charge is 2.13. The van der Waals surface area contributed by atoms with Gasteiger partial charge in [0.1, 0.15) is 17.2 Å². The van der Waals surface area contributed by atoms with Crippen LogP contribution in [0.2, 0.25) is 5.02 Å². The Bertz CT molecular complexity index is 1190. The lowest BCUT2D eigenvalue weighted by molar-refractivity contribution is 0.601. The molecule has 0 aliphatic rings. The highest BCUT2D eigenvalue weighted by molar-refractivity contribution is 6.32. The van der Waals surface area contributed by atoms with Crippen LogP contribution in [0.15, 0.2) is 71.1 Å². The molecule has 29 heavy (non-hydrogen) atoms. The van der Waals surface area contributed by atoms with Gasteiger partial charge in [0.05, 0.1) is 5.56 Å². The van der Waals surface area contributed by atoms with Crippen LogP contribution in [0.5, 0.6) is 0 Å². The summed E-state index contributed by atoms with van der Waals surface area (Å²) >= 11 is 6.17. The van der Waals surface area contributed by atoms with Gasteiger partial charge in [-0.05, 0) is 65.4 Å². The molecule has 0 spiro atoms. The molecule has 1 unspecified atom stereocenters. The van der Waals surface area contributed by atoms with Crippen molar-refractivity contribution in [3.8, 4) is 11.3 Å². The Morgan fingerprint density at radius 1 is 1.00 bits per heavy atom. The third-order valence-corrected chi connectivity index (χ3v) is 5.69. The predicted molar refractivity (Wildman–Crippen MR) is 121 cm³/mol. The topological polar surface area (TPSA) is 13.1 Å². The summed E-state index contributed by atoms with van der Waals surface area (Å²) in [7, 11) is 0. The van der Waals surface area contributed by atoms with Gasteiger partial charge in [0.25, 0.3) is 0 Å². The monoisotopic (exact) mass is 404 g/mol. The molecule has 146 valence electrons. The maximum Gasteiger partial charge on any atom is 0.138 e. The van der Waals surface area contributed by atoms with Crippen molar-refractivity contribution in [2.45, 2.75) is 26.2 Å². The van der Waals surface area contributed by atoms with Crippen LogP contribution in [0, 0.1) is 5.82 Å². The lowest BCUT2D eigenvalue weighted by Crippen LogP contribution is -1.89. The van der Waals surface area contributed by atoms with Crippen molar-refractivity contribution in [3.63, 3.8) is 0 Å². The first kappa shape index (κ1) is 19.5. The van der Waals surface area contributed by atoms with Crippen molar-refractivity contribution in [1.29, 1.82) is 0 Å². The SMILES string of the molecule is CCC(C)c1ccc2oc(-c3ccc(C=Cc4ccccc4Cl)cc3F)cc2c1. The van der Waals surface area contributed by atoms with E-state index in [2.05, 4.69) is 26.0 Å². The standard InChI is InChI=1S/C26H22ClFO/c1-3-17(2)20-11-13-25-21(15-20)16-26(29-25)22-12-9-18(14-24(22)28)8-10-19-6-4-5-7-23(19)27/h4-17H,3H2,1-2H3. The Balaban J connectivity index is 1.63. The summed E-state index contributed by atoms with van der Waals surface area (Å²) in [5.41, 5.74) is 4.16. The fraction of sp³-hybridized carbons (Fsp3) is 0.154. The number of rotatable bonds is 5. The van der Waals surface area contributed by atoms with E-state index in [-0.39, 0.29) is 5.82 Å². The molecule has 0 amide bonds. The van der Waals surface area contributed by atoms with E-state index >= 15 is 0 Å². The highest BCUT2D eigenvalue weighted by atomic mass is 35.5. The number of benzene rings is 3. The minimum Gasteiger partial charge on any atom is -0.456 e. The first-order valence-corrected chi connectivity index (χ1v) is 10.2. The average Bonchev–Trinajstić information content (AvgIpc) is 3.15. The molecular formula is C26H22ClFO. The molecule has 0 saturated heterocycles. The number of hydrogen-bond acceptors (Lipinski definition) is 1. The fourth-order valence-corrected chi connectivity index (χ4v) is 3.57. The van der Waals surface area contributed by atoms with Gasteiger partial charge < -0.3 is 4.42 Å². The van der Waals surface area contributed by atoms with E-state index in [1.807, 2.05) is 54.6 Å². The van der Waals surface area contributed by atoms with Crippen LogP contribution in [-0.4, -0.2) is 0 Å². The smallest absolute Gasteiger partial charge is 0.138 e. The molecule has 0 saturated carbocycles. The molecule has 3 heteroatoms. The van der Waals surface area contributed by atoms with Crippen LogP contribution in [-0.2, 0) is 0 Å². The second-order valence-electron chi connectivity index (χ2n) is 7.31. The predicted octanol–water partition coefficient (Wildman–Crippen LogP) is 8.58. The molecule has 0 fully saturated rings. The van der Waals surface area contributed by atoms with E-state index in [1.165, 1.54) is 11.6 Å². The molecule has 0 radical (unpaired) electrons. The quantitative estimate of drug-likeness (QED) is 0.303.